The van der Waals surface area contributed by atoms with Crippen molar-refractivity contribution in [3.8, 4) is 17.0 Å². The Kier molecular flexibility index (Phi) is 1.91. The first kappa shape index (κ1) is 7.06. The van der Waals surface area contributed by atoms with Crippen molar-refractivity contribution >= 4 is 15.9 Å². The van der Waals surface area contributed by atoms with Crippen molar-refractivity contribution in [2.75, 3.05) is 7.11 Å². The van der Waals surface area contributed by atoms with Gasteiger partial charge < -0.3 is 4.74 Å². The fourth-order valence-electron chi connectivity index (χ4n) is 1.34. The minimum atomic E-state index is -2.30. The molecule has 1 heterocycles. The van der Waals surface area contributed by atoms with E-state index < -0.39 is 6.98 Å². The molecule has 2 aromatic rings. The Balaban J connectivity index is 2.52. The number of nitrogens with zero attached hydrogens (tertiary/aromatic N) is 2. The first-order valence-corrected chi connectivity index (χ1v) is 5.11. The van der Waals surface area contributed by atoms with E-state index in [2.05, 4.69) is 21.0 Å². The topological polar surface area (TPSA) is 27.1 Å². The van der Waals surface area contributed by atoms with Crippen LogP contribution >= 0.6 is 15.9 Å². The average Bonchev–Trinajstić information content (AvgIpc) is 2.71. The molecule has 0 aliphatic heterocycles. The summed E-state index contributed by atoms with van der Waals surface area (Å²) in [5, 5.41) is 3.88. The zero-order valence-electron chi connectivity index (χ0n) is 11.1. The number of hydrogen-bond donors (Lipinski definition) is 0. The number of halogens is 1. The van der Waals surface area contributed by atoms with E-state index in [1.807, 2.05) is 0 Å². The molecule has 0 aliphatic carbocycles. The molecule has 0 fully saturated rings. The van der Waals surface area contributed by atoms with Crippen molar-refractivity contribution < 1.29 is 8.85 Å². The van der Waals surface area contributed by atoms with Crippen LogP contribution in [-0.2, 0) is 6.98 Å². The molecule has 0 amide bonds. The molecule has 4 heteroatoms. The van der Waals surface area contributed by atoms with Crippen molar-refractivity contribution in [2.45, 2.75) is 0 Å². The standard InChI is InChI=1S/C11H11BrN2O/c1-14-11(10(12)7-13-14)8-3-5-9(15-2)6-4-8/h3-7H,1-2H3/i1D3. The Morgan fingerprint density at radius 3 is 2.73 bits per heavy atom. The predicted molar refractivity (Wildman–Crippen MR) is 62.9 cm³/mol. The van der Waals surface area contributed by atoms with E-state index in [4.69, 9.17) is 8.85 Å². The van der Waals surface area contributed by atoms with E-state index in [0.717, 1.165) is 16.0 Å². The number of hydrogen-bond acceptors (Lipinski definition) is 2. The van der Waals surface area contributed by atoms with E-state index in [-0.39, 0.29) is 0 Å². The van der Waals surface area contributed by atoms with Crippen LogP contribution in [0, 0.1) is 0 Å². The van der Waals surface area contributed by atoms with Crippen LogP contribution in [0.2, 0.25) is 0 Å². The summed E-state index contributed by atoms with van der Waals surface area (Å²) < 4.78 is 29.1. The van der Waals surface area contributed by atoms with E-state index in [0.29, 0.717) is 10.2 Å². The molecule has 0 saturated carbocycles. The number of aromatic nitrogens is 2. The van der Waals surface area contributed by atoms with Crippen molar-refractivity contribution in [3.63, 3.8) is 0 Å². The molecule has 2 rings (SSSR count). The summed E-state index contributed by atoms with van der Waals surface area (Å²) in [6, 6.07) is 7.14. The lowest BCUT2D eigenvalue weighted by Gasteiger charge is -2.04. The van der Waals surface area contributed by atoms with Gasteiger partial charge in [0, 0.05) is 16.7 Å². The Morgan fingerprint density at radius 2 is 2.13 bits per heavy atom. The summed E-state index contributed by atoms with van der Waals surface area (Å²) in [5.74, 6) is 0.717. The Morgan fingerprint density at radius 1 is 1.40 bits per heavy atom. The van der Waals surface area contributed by atoms with Gasteiger partial charge in [0.05, 0.1) is 23.5 Å². The Hall–Kier alpha value is -1.29. The molecule has 0 radical (unpaired) electrons. The van der Waals surface area contributed by atoms with Crippen molar-refractivity contribution in [1.29, 1.82) is 0 Å². The molecule has 15 heavy (non-hydrogen) atoms. The lowest BCUT2D eigenvalue weighted by atomic mass is 10.1. The van der Waals surface area contributed by atoms with Crippen molar-refractivity contribution in [1.82, 2.24) is 9.78 Å². The van der Waals surface area contributed by atoms with Gasteiger partial charge in [-0.25, -0.2) is 0 Å². The highest BCUT2D eigenvalue weighted by molar-refractivity contribution is 9.10. The van der Waals surface area contributed by atoms with Gasteiger partial charge in [0.25, 0.3) is 0 Å². The van der Waals surface area contributed by atoms with E-state index >= 15 is 0 Å². The third kappa shape index (κ3) is 1.90. The molecular weight excluding hydrogens is 256 g/mol. The number of ether oxygens (including phenoxy) is 1. The first-order chi connectivity index (χ1) is 8.43. The summed E-state index contributed by atoms with van der Waals surface area (Å²) in [7, 11) is 1.58. The van der Waals surface area contributed by atoms with Gasteiger partial charge in [-0.15, -0.1) is 0 Å². The van der Waals surface area contributed by atoms with Crippen LogP contribution in [0.15, 0.2) is 34.9 Å². The monoisotopic (exact) mass is 269 g/mol. The van der Waals surface area contributed by atoms with Gasteiger partial charge in [-0.2, -0.15) is 5.10 Å². The van der Waals surface area contributed by atoms with E-state index in [9.17, 15) is 0 Å². The minimum Gasteiger partial charge on any atom is -0.497 e. The average molecular weight is 270 g/mol. The number of rotatable bonds is 2. The maximum absolute atomic E-state index is 7.44. The number of benzene rings is 1. The molecule has 1 aromatic heterocycles. The SMILES string of the molecule is [2H]C([2H])([2H])n1ncc(Br)c1-c1ccc(OC)cc1. The second kappa shape index (κ2) is 4.06. The van der Waals surface area contributed by atoms with E-state index in [1.165, 1.54) is 6.20 Å². The molecule has 0 unspecified atom stereocenters. The van der Waals surface area contributed by atoms with Gasteiger partial charge in [0.2, 0.25) is 0 Å². The number of aryl methyl sites for hydroxylation is 1. The van der Waals surface area contributed by atoms with Crippen LogP contribution in [0.3, 0.4) is 0 Å². The Bertz CT molecular complexity index is 548. The summed E-state index contributed by atoms with van der Waals surface area (Å²) in [6.07, 6.45) is 1.48. The molecule has 0 N–H and O–H groups in total. The molecule has 3 nitrogen and oxygen atoms in total. The highest BCUT2D eigenvalue weighted by atomic mass is 79.9. The van der Waals surface area contributed by atoms with Crippen LogP contribution in [0.4, 0.5) is 0 Å². The second-order valence-electron chi connectivity index (χ2n) is 2.98. The van der Waals surface area contributed by atoms with Gasteiger partial charge in [0.15, 0.2) is 0 Å². The van der Waals surface area contributed by atoms with Crippen LogP contribution in [0.25, 0.3) is 11.3 Å². The van der Waals surface area contributed by atoms with Crippen molar-refractivity contribution in [2.24, 2.45) is 6.98 Å². The van der Waals surface area contributed by atoms with Crippen LogP contribution < -0.4 is 4.74 Å². The highest BCUT2D eigenvalue weighted by Gasteiger charge is 2.08. The lowest BCUT2D eigenvalue weighted by Crippen LogP contribution is -1.93. The zero-order chi connectivity index (χ0) is 13.3. The fraction of sp³-hybridized carbons (Fsp3) is 0.182. The normalized spacial score (nSPS) is 14.1. The fourth-order valence-corrected chi connectivity index (χ4v) is 1.83. The van der Waals surface area contributed by atoms with Gasteiger partial charge in [-0.1, -0.05) is 0 Å². The minimum absolute atomic E-state index is 0.526. The summed E-state index contributed by atoms with van der Waals surface area (Å²) in [6.45, 7) is -2.30. The molecule has 0 spiro atoms. The van der Waals surface area contributed by atoms with Crippen LogP contribution in [0.5, 0.6) is 5.75 Å². The molecule has 0 saturated heterocycles. The summed E-state index contributed by atoms with van der Waals surface area (Å²) >= 11 is 3.32. The van der Waals surface area contributed by atoms with Crippen molar-refractivity contribution in [3.05, 3.63) is 34.9 Å². The van der Waals surface area contributed by atoms with Gasteiger partial charge >= 0.3 is 0 Å². The smallest absolute Gasteiger partial charge is 0.118 e. The highest BCUT2D eigenvalue weighted by Crippen LogP contribution is 2.28. The van der Waals surface area contributed by atoms with Gasteiger partial charge in [-0.3, -0.25) is 4.68 Å². The molecule has 1 aromatic carbocycles. The maximum Gasteiger partial charge on any atom is 0.118 e. The maximum atomic E-state index is 7.44. The largest absolute Gasteiger partial charge is 0.497 e. The van der Waals surface area contributed by atoms with E-state index in [1.54, 1.807) is 31.4 Å². The molecule has 0 aliphatic rings. The van der Waals surface area contributed by atoms with Gasteiger partial charge in [-0.05, 0) is 40.2 Å². The third-order valence-corrected chi connectivity index (χ3v) is 2.67. The molecule has 0 atom stereocenters. The number of methoxy groups -OCH3 is 1. The molecule has 0 bridgehead atoms. The summed E-state index contributed by atoms with van der Waals surface area (Å²) in [4.78, 5) is 0. The third-order valence-electron chi connectivity index (χ3n) is 2.09. The second-order valence-corrected chi connectivity index (χ2v) is 3.84. The van der Waals surface area contributed by atoms with Crippen LogP contribution in [-0.4, -0.2) is 16.9 Å². The lowest BCUT2D eigenvalue weighted by molar-refractivity contribution is 0.415. The first-order valence-electron chi connectivity index (χ1n) is 5.82. The Labute approximate surface area is 101 Å². The predicted octanol–water partition coefficient (Wildman–Crippen LogP) is 2.86. The quantitative estimate of drug-likeness (QED) is 0.839. The zero-order valence-corrected chi connectivity index (χ0v) is 9.65. The summed E-state index contributed by atoms with van der Waals surface area (Å²) in [5.41, 5.74) is 1.29. The van der Waals surface area contributed by atoms with Crippen LogP contribution in [0.1, 0.15) is 4.11 Å². The molecular formula is C11H11BrN2O. The van der Waals surface area contributed by atoms with Gasteiger partial charge in [0.1, 0.15) is 5.75 Å². The molecule has 78 valence electrons.